The van der Waals surface area contributed by atoms with Crippen LogP contribution in [0.15, 0.2) is 117 Å². The molecule has 0 bridgehead atoms. The van der Waals surface area contributed by atoms with Crippen molar-refractivity contribution >= 4 is 35.3 Å². The van der Waals surface area contributed by atoms with E-state index in [9.17, 15) is 20.1 Å². The molecule has 6 nitrogen and oxygen atoms in total. The zero-order valence-electron chi connectivity index (χ0n) is 22.4. The van der Waals surface area contributed by atoms with Gasteiger partial charge < -0.3 is 9.80 Å². The van der Waals surface area contributed by atoms with Crippen molar-refractivity contribution in [2.45, 2.75) is 32.5 Å². The second kappa shape index (κ2) is 12.8. The maximum Gasteiger partial charge on any atom is 0.255 e. The molecule has 1 atom stereocenters. The van der Waals surface area contributed by atoms with Crippen molar-refractivity contribution in [1.29, 1.82) is 10.5 Å². The summed E-state index contributed by atoms with van der Waals surface area (Å²) >= 11 is 2.82. The van der Waals surface area contributed by atoms with E-state index in [1.54, 1.807) is 17.0 Å². The maximum atomic E-state index is 13.8. The molecule has 0 spiro atoms. The normalized spacial score (nSPS) is 14.7. The van der Waals surface area contributed by atoms with Crippen molar-refractivity contribution in [2.75, 3.05) is 19.6 Å². The number of nitrogens with zero attached hydrogens (tertiary/aromatic N) is 4. The number of amides is 2. The number of benzene rings is 4. The molecular weight excluding hydrogens is 549 g/mol. The smallest absolute Gasteiger partial charge is 0.255 e. The zero-order chi connectivity index (χ0) is 28.8. The fraction of sp³-hybridized carbons (Fsp3) is 0.152. The van der Waals surface area contributed by atoms with Crippen molar-refractivity contribution in [1.82, 2.24) is 9.80 Å². The van der Waals surface area contributed by atoms with Gasteiger partial charge >= 0.3 is 0 Å². The van der Waals surface area contributed by atoms with E-state index < -0.39 is 0 Å². The highest BCUT2D eigenvalue weighted by Gasteiger charge is 2.32. The van der Waals surface area contributed by atoms with Crippen LogP contribution in [-0.4, -0.2) is 47.3 Å². The number of hydrogen-bond acceptors (Lipinski definition) is 6. The third-order valence-electron chi connectivity index (χ3n) is 6.87. The average Bonchev–Trinajstić information content (AvgIpc) is 3.01. The van der Waals surface area contributed by atoms with E-state index in [1.807, 2.05) is 96.8 Å². The minimum Gasteiger partial charge on any atom is -0.335 e. The van der Waals surface area contributed by atoms with E-state index in [4.69, 9.17) is 0 Å². The van der Waals surface area contributed by atoms with Gasteiger partial charge in [-0.05, 0) is 55.5 Å². The Hall–Kier alpha value is -4.50. The van der Waals surface area contributed by atoms with Gasteiger partial charge in [0.2, 0.25) is 0 Å². The standard InChI is InChI=1S/C33H26N4O2S2/c1-23-22-36(32(38)26-12-4-8-16-30(26)40-28-14-6-2-10-24(28)20-34)18-19-37(23)33(39)27-13-5-9-17-31(27)41-29-15-7-3-11-25(29)21-35/h2-17,23H,18-19,22H2,1H3. The van der Waals surface area contributed by atoms with Gasteiger partial charge in [0.15, 0.2) is 0 Å². The summed E-state index contributed by atoms with van der Waals surface area (Å²) in [5.41, 5.74) is 2.29. The molecule has 0 aliphatic carbocycles. The summed E-state index contributed by atoms with van der Waals surface area (Å²) in [6.07, 6.45) is 0. The van der Waals surface area contributed by atoms with E-state index in [0.29, 0.717) is 41.9 Å². The third kappa shape index (κ3) is 6.15. The van der Waals surface area contributed by atoms with Crippen LogP contribution < -0.4 is 0 Å². The Labute approximate surface area is 248 Å². The van der Waals surface area contributed by atoms with Gasteiger partial charge in [-0.15, -0.1) is 0 Å². The van der Waals surface area contributed by atoms with Crippen LogP contribution in [0.3, 0.4) is 0 Å². The van der Waals surface area contributed by atoms with Crippen molar-refractivity contribution in [3.05, 3.63) is 119 Å². The lowest BCUT2D eigenvalue weighted by Gasteiger charge is -2.40. The molecule has 0 radical (unpaired) electrons. The molecule has 1 fully saturated rings. The predicted molar refractivity (Wildman–Crippen MR) is 160 cm³/mol. The molecule has 2 amide bonds. The summed E-state index contributed by atoms with van der Waals surface area (Å²) in [6, 6.07) is 33.8. The highest BCUT2D eigenvalue weighted by atomic mass is 32.2. The molecule has 202 valence electrons. The van der Waals surface area contributed by atoms with Crippen LogP contribution in [0.5, 0.6) is 0 Å². The van der Waals surface area contributed by atoms with Gasteiger partial charge in [0.25, 0.3) is 11.8 Å². The first-order valence-corrected chi connectivity index (χ1v) is 14.8. The molecule has 8 heteroatoms. The van der Waals surface area contributed by atoms with Crippen molar-refractivity contribution in [3.63, 3.8) is 0 Å². The van der Waals surface area contributed by atoms with Gasteiger partial charge in [-0.25, -0.2) is 0 Å². The molecule has 0 N–H and O–H groups in total. The largest absolute Gasteiger partial charge is 0.335 e. The van der Waals surface area contributed by atoms with Crippen molar-refractivity contribution in [2.24, 2.45) is 0 Å². The molecule has 0 saturated carbocycles. The number of rotatable bonds is 6. The Morgan fingerprint density at radius 3 is 1.59 bits per heavy atom. The minimum atomic E-state index is -0.191. The molecule has 4 aromatic rings. The van der Waals surface area contributed by atoms with Crippen molar-refractivity contribution in [3.8, 4) is 12.1 Å². The van der Waals surface area contributed by atoms with Gasteiger partial charge in [0.05, 0.1) is 22.3 Å². The minimum absolute atomic E-state index is 0.0915. The Morgan fingerprint density at radius 1 is 0.659 bits per heavy atom. The quantitative estimate of drug-likeness (QED) is 0.254. The first-order valence-electron chi connectivity index (χ1n) is 13.1. The molecule has 1 aliphatic heterocycles. The van der Waals surface area contributed by atoms with Gasteiger partial charge in [0.1, 0.15) is 12.1 Å². The Morgan fingerprint density at radius 2 is 1.10 bits per heavy atom. The highest BCUT2D eigenvalue weighted by molar-refractivity contribution is 7.99. The topological polar surface area (TPSA) is 88.2 Å². The number of hydrogen-bond donors (Lipinski definition) is 0. The lowest BCUT2D eigenvalue weighted by atomic mass is 10.1. The van der Waals surface area contributed by atoms with Gasteiger partial charge in [-0.2, -0.15) is 10.5 Å². The monoisotopic (exact) mass is 574 g/mol. The Kier molecular flexibility index (Phi) is 8.74. The molecule has 41 heavy (non-hydrogen) atoms. The van der Waals surface area contributed by atoms with Gasteiger partial charge in [0, 0.05) is 45.3 Å². The second-order valence-electron chi connectivity index (χ2n) is 9.51. The fourth-order valence-corrected chi connectivity index (χ4v) is 6.80. The van der Waals surface area contributed by atoms with E-state index in [0.717, 1.165) is 19.6 Å². The highest BCUT2D eigenvalue weighted by Crippen LogP contribution is 2.35. The molecule has 0 aromatic heterocycles. The first kappa shape index (κ1) is 28.0. The molecule has 5 rings (SSSR count). The zero-order valence-corrected chi connectivity index (χ0v) is 24.0. The van der Waals surface area contributed by atoms with Crippen molar-refractivity contribution < 1.29 is 9.59 Å². The third-order valence-corrected chi connectivity index (χ3v) is 9.17. The summed E-state index contributed by atoms with van der Waals surface area (Å²) in [5.74, 6) is -0.184. The molecular formula is C33H26N4O2S2. The molecule has 1 saturated heterocycles. The molecule has 1 aliphatic rings. The first-order chi connectivity index (χ1) is 20.0. The van der Waals surface area contributed by atoms with Gasteiger partial charge in [-0.3, -0.25) is 9.59 Å². The van der Waals surface area contributed by atoms with E-state index in [-0.39, 0.29) is 17.9 Å². The number of nitriles is 2. The Bertz CT molecular complexity index is 1690. The van der Waals surface area contributed by atoms with Crippen LogP contribution in [0.4, 0.5) is 0 Å². The summed E-state index contributed by atoms with van der Waals surface area (Å²) in [5, 5.41) is 19.0. The lowest BCUT2D eigenvalue weighted by Crippen LogP contribution is -2.55. The van der Waals surface area contributed by atoms with Crippen LogP contribution >= 0.6 is 23.5 Å². The van der Waals surface area contributed by atoms with Crippen LogP contribution in [0.1, 0.15) is 38.8 Å². The van der Waals surface area contributed by atoms with Crippen LogP contribution in [0, 0.1) is 22.7 Å². The van der Waals surface area contributed by atoms with Crippen LogP contribution in [0.25, 0.3) is 0 Å². The Balaban J connectivity index is 1.31. The molecule has 1 heterocycles. The molecule has 4 aromatic carbocycles. The number of carbonyl (C=O) groups is 2. The van der Waals surface area contributed by atoms with Gasteiger partial charge in [-0.1, -0.05) is 72.1 Å². The summed E-state index contributed by atoms with van der Waals surface area (Å²) in [4.78, 5) is 34.2. The predicted octanol–water partition coefficient (Wildman–Crippen LogP) is 6.72. The molecule has 1 unspecified atom stereocenters. The fourth-order valence-electron chi connectivity index (χ4n) is 4.77. The summed E-state index contributed by atoms with van der Waals surface area (Å²) < 4.78 is 0. The number of carbonyl (C=O) groups excluding carboxylic acids is 2. The van der Waals surface area contributed by atoms with Crippen LogP contribution in [0.2, 0.25) is 0 Å². The maximum absolute atomic E-state index is 13.8. The van der Waals surface area contributed by atoms with E-state index in [2.05, 4.69) is 12.1 Å². The summed E-state index contributed by atoms with van der Waals surface area (Å²) in [6.45, 7) is 3.19. The second-order valence-corrected chi connectivity index (χ2v) is 11.7. The van der Waals surface area contributed by atoms with E-state index >= 15 is 0 Å². The van der Waals surface area contributed by atoms with Crippen LogP contribution in [-0.2, 0) is 0 Å². The lowest BCUT2D eigenvalue weighted by molar-refractivity contribution is 0.0410. The summed E-state index contributed by atoms with van der Waals surface area (Å²) in [7, 11) is 0. The SMILES string of the molecule is CC1CN(C(=O)c2ccccc2Sc2ccccc2C#N)CCN1C(=O)c1ccccc1Sc1ccccc1C#N. The van der Waals surface area contributed by atoms with E-state index in [1.165, 1.54) is 23.5 Å². The average molecular weight is 575 g/mol. The number of piperazine rings is 1.